The van der Waals surface area contributed by atoms with Gasteiger partial charge in [-0.2, -0.15) is 5.01 Å². The summed E-state index contributed by atoms with van der Waals surface area (Å²) in [6.45, 7) is 2.15. The van der Waals surface area contributed by atoms with E-state index in [0.29, 0.717) is 22.6 Å². The van der Waals surface area contributed by atoms with Crippen molar-refractivity contribution in [3.63, 3.8) is 0 Å². The average molecular weight is 646 g/mol. The molecular formula is C35H30ClF2N3O5. The summed E-state index contributed by atoms with van der Waals surface area (Å²) >= 11 is 6.26. The number of phenols is 1. The Balaban J connectivity index is 1.47. The van der Waals surface area contributed by atoms with E-state index < -0.39 is 64.2 Å². The number of carbonyl (C=O) groups is 4. The van der Waals surface area contributed by atoms with Crippen molar-refractivity contribution in [3.8, 4) is 5.75 Å². The minimum absolute atomic E-state index is 0.0490. The fourth-order valence-electron chi connectivity index (χ4n) is 8.27. The van der Waals surface area contributed by atoms with E-state index in [-0.39, 0.29) is 42.5 Å². The molecule has 0 radical (unpaired) electrons. The largest absolute Gasteiger partial charge is 0.505 e. The van der Waals surface area contributed by atoms with Crippen LogP contribution in [0.2, 0.25) is 5.02 Å². The summed E-state index contributed by atoms with van der Waals surface area (Å²) in [5.74, 6) is -8.16. The number of hydrogen-bond acceptors (Lipinski definition) is 6. The van der Waals surface area contributed by atoms with Gasteiger partial charge in [0.2, 0.25) is 11.8 Å². The third-order valence-electron chi connectivity index (χ3n) is 10.1. The molecule has 7 rings (SSSR count). The number of allylic oxidation sites excluding steroid dienone is 2. The normalized spacial score (nSPS) is 28.6. The molecule has 0 bridgehead atoms. The first-order valence-electron chi connectivity index (χ1n) is 15.3. The van der Waals surface area contributed by atoms with Crippen LogP contribution in [0.3, 0.4) is 0 Å². The zero-order valence-corrected chi connectivity index (χ0v) is 25.5. The highest BCUT2D eigenvalue weighted by Crippen LogP contribution is 2.65. The van der Waals surface area contributed by atoms with E-state index in [1.54, 1.807) is 24.3 Å². The molecule has 236 valence electrons. The number of anilines is 1. The van der Waals surface area contributed by atoms with E-state index in [0.717, 1.165) is 11.1 Å². The Morgan fingerprint density at radius 2 is 1.65 bits per heavy atom. The molecule has 8 nitrogen and oxygen atoms in total. The number of halogens is 3. The first kappa shape index (κ1) is 30.1. The van der Waals surface area contributed by atoms with E-state index >= 15 is 4.39 Å². The summed E-state index contributed by atoms with van der Waals surface area (Å²) in [5, 5.41) is 12.5. The molecule has 1 saturated carbocycles. The van der Waals surface area contributed by atoms with Crippen molar-refractivity contribution in [2.45, 2.75) is 37.5 Å². The third-order valence-corrected chi connectivity index (χ3v) is 10.4. The Morgan fingerprint density at radius 1 is 0.935 bits per heavy atom. The molecule has 2 saturated heterocycles. The summed E-state index contributed by atoms with van der Waals surface area (Å²) in [4.78, 5) is 58.0. The SMILES string of the molecule is CCCN1C(=O)[C@H]2[C@H](CC=C3[C@H]2C[C@H]2C(=O)N(Nc4ccc(F)cc4)C(=O)[C@@]2(c2ccc(Cl)cc2)[C@H]3c2cccc(F)c2O)C1=O. The van der Waals surface area contributed by atoms with E-state index in [4.69, 9.17) is 11.6 Å². The number of imide groups is 2. The van der Waals surface area contributed by atoms with Gasteiger partial charge in [-0.3, -0.25) is 29.5 Å². The van der Waals surface area contributed by atoms with Gasteiger partial charge in [0, 0.05) is 23.0 Å². The van der Waals surface area contributed by atoms with Crippen LogP contribution in [-0.2, 0) is 24.6 Å². The molecule has 2 aliphatic heterocycles. The lowest BCUT2D eigenvalue weighted by Gasteiger charge is -2.50. The Labute approximate surface area is 268 Å². The van der Waals surface area contributed by atoms with E-state index in [1.807, 2.05) is 13.0 Å². The second kappa shape index (κ2) is 11.0. The van der Waals surface area contributed by atoms with Crippen LogP contribution in [-0.4, -0.2) is 45.2 Å². The van der Waals surface area contributed by atoms with Crippen molar-refractivity contribution in [1.29, 1.82) is 0 Å². The van der Waals surface area contributed by atoms with Crippen LogP contribution >= 0.6 is 11.6 Å². The zero-order chi connectivity index (χ0) is 32.5. The predicted octanol–water partition coefficient (Wildman–Crippen LogP) is 5.72. The van der Waals surface area contributed by atoms with Crippen molar-refractivity contribution >= 4 is 40.9 Å². The maximum absolute atomic E-state index is 15.1. The third kappa shape index (κ3) is 4.22. The lowest BCUT2D eigenvalue weighted by atomic mass is 9.49. The molecule has 0 spiro atoms. The van der Waals surface area contributed by atoms with Gasteiger partial charge in [0.1, 0.15) is 5.82 Å². The Morgan fingerprint density at radius 3 is 2.35 bits per heavy atom. The molecule has 2 heterocycles. The molecule has 46 heavy (non-hydrogen) atoms. The maximum atomic E-state index is 15.1. The van der Waals surface area contributed by atoms with Gasteiger partial charge in [-0.25, -0.2) is 8.78 Å². The van der Waals surface area contributed by atoms with E-state index in [2.05, 4.69) is 5.43 Å². The fourth-order valence-corrected chi connectivity index (χ4v) is 8.40. The van der Waals surface area contributed by atoms with Crippen molar-refractivity contribution < 1.29 is 33.1 Å². The van der Waals surface area contributed by atoms with Gasteiger partial charge in [0.05, 0.1) is 28.9 Å². The summed E-state index contributed by atoms with van der Waals surface area (Å²) in [6, 6.07) is 15.7. The van der Waals surface area contributed by atoms with E-state index in [9.17, 15) is 28.7 Å². The number of fused-ring (bicyclic) bond motifs is 4. The van der Waals surface area contributed by atoms with Crippen molar-refractivity contribution in [3.05, 3.63) is 106 Å². The smallest absolute Gasteiger partial charge is 0.260 e. The summed E-state index contributed by atoms with van der Waals surface area (Å²) < 4.78 is 28.8. The molecule has 2 aliphatic carbocycles. The number of benzene rings is 3. The molecule has 4 aliphatic rings. The van der Waals surface area contributed by atoms with Gasteiger partial charge >= 0.3 is 0 Å². The van der Waals surface area contributed by atoms with Crippen LogP contribution in [0.25, 0.3) is 0 Å². The highest BCUT2D eigenvalue weighted by Gasteiger charge is 2.70. The Bertz CT molecular complexity index is 1810. The van der Waals surface area contributed by atoms with Crippen LogP contribution in [0.1, 0.15) is 43.2 Å². The Hall–Kier alpha value is -4.57. The molecule has 0 unspecified atom stereocenters. The van der Waals surface area contributed by atoms with Crippen LogP contribution in [0.4, 0.5) is 14.5 Å². The number of para-hydroxylation sites is 1. The lowest BCUT2D eigenvalue weighted by molar-refractivity contribution is -0.141. The number of nitrogens with zero attached hydrogens (tertiary/aromatic N) is 2. The zero-order valence-electron chi connectivity index (χ0n) is 24.8. The first-order valence-corrected chi connectivity index (χ1v) is 15.7. The number of hydrogen-bond donors (Lipinski definition) is 2. The van der Waals surface area contributed by atoms with E-state index in [1.165, 1.54) is 41.3 Å². The summed E-state index contributed by atoms with van der Waals surface area (Å²) in [5.41, 5.74) is 2.52. The van der Waals surface area contributed by atoms with Crippen LogP contribution in [0.5, 0.6) is 5.75 Å². The number of carbonyl (C=O) groups excluding carboxylic acids is 4. The lowest BCUT2D eigenvalue weighted by Crippen LogP contribution is -2.53. The number of hydrazine groups is 1. The standard InChI is InChI=1S/C35H30ClF2N3O5/c1-2-16-40-31(43)23-15-14-22-25(28(23)33(40)45)17-26-32(44)41(39-21-12-10-20(37)11-13-21)34(46)35(26,18-6-8-19(36)9-7-18)29(22)24-4-3-5-27(38)30(24)42/h3-14,23,25-26,28-29,39,42H,2,15-17H2,1H3/t23-,25+,26-,28-,29+,35+/m0/s1. The van der Waals surface area contributed by atoms with Gasteiger partial charge in [-0.05, 0) is 73.2 Å². The number of phenolic OH excluding ortho intramolecular Hbond substituents is 1. The highest BCUT2D eigenvalue weighted by molar-refractivity contribution is 6.30. The molecule has 6 atom stereocenters. The molecule has 3 fully saturated rings. The highest BCUT2D eigenvalue weighted by atomic mass is 35.5. The number of amides is 4. The van der Waals surface area contributed by atoms with Gasteiger partial charge in [-0.1, -0.05) is 54.4 Å². The second-order valence-corrected chi connectivity index (χ2v) is 12.8. The minimum Gasteiger partial charge on any atom is -0.505 e. The molecule has 4 amide bonds. The average Bonchev–Trinajstić information content (AvgIpc) is 3.41. The number of likely N-dealkylation sites (tertiary alicyclic amines) is 1. The van der Waals surface area contributed by atoms with Gasteiger partial charge in [0.25, 0.3) is 11.8 Å². The predicted molar refractivity (Wildman–Crippen MR) is 164 cm³/mol. The first-order chi connectivity index (χ1) is 22.1. The monoisotopic (exact) mass is 645 g/mol. The van der Waals surface area contributed by atoms with Gasteiger partial charge < -0.3 is 5.11 Å². The van der Waals surface area contributed by atoms with Gasteiger partial charge in [0.15, 0.2) is 11.6 Å². The van der Waals surface area contributed by atoms with Crippen LogP contribution < -0.4 is 5.43 Å². The topological polar surface area (TPSA) is 107 Å². The van der Waals surface area contributed by atoms with Crippen LogP contribution in [0, 0.1) is 35.3 Å². The fraction of sp³-hybridized carbons (Fsp3) is 0.314. The second-order valence-electron chi connectivity index (χ2n) is 12.4. The number of nitrogens with one attached hydrogen (secondary N) is 1. The quantitative estimate of drug-likeness (QED) is 0.262. The summed E-state index contributed by atoms with van der Waals surface area (Å²) in [6.07, 6.45) is 2.69. The Kier molecular flexibility index (Phi) is 7.23. The van der Waals surface area contributed by atoms with Crippen molar-refractivity contribution in [2.24, 2.45) is 23.7 Å². The van der Waals surface area contributed by atoms with Crippen LogP contribution in [0.15, 0.2) is 78.4 Å². The number of rotatable bonds is 6. The number of aromatic hydroxyl groups is 1. The molecule has 3 aromatic rings. The molecular weight excluding hydrogens is 616 g/mol. The minimum atomic E-state index is -1.70. The molecule has 3 aromatic carbocycles. The molecule has 11 heteroatoms. The summed E-state index contributed by atoms with van der Waals surface area (Å²) in [7, 11) is 0. The van der Waals surface area contributed by atoms with Gasteiger partial charge in [-0.15, -0.1) is 0 Å². The molecule has 2 N–H and O–H groups in total. The molecule has 0 aromatic heterocycles. The van der Waals surface area contributed by atoms with Crippen molar-refractivity contribution in [1.82, 2.24) is 9.91 Å². The van der Waals surface area contributed by atoms with Crippen molar-refractivity contribution in [2.75, 3.05) is 12.0 Å². The maximum Gasteiger partial charge on any atom is 0.260 e.